The van der Waals surface area contributed by atoms with E-state index in [1.54, 1.807) is 0 Å². The number of halogens is 1. The molecule has 0 atom stereocenters. The van der Waals surface area contributed by atoms with E-state index in [0.717, 1.165) is 11.9 Å². The van der Waals surface area contributed by atoms with E-state index in [1.807, 2.05) is 0 Å². The summed E-state index contributed by atoms with van der Waals surface area (Å²) < 4.78 is 0. The minimum atomic E-state index is 0.511. The van der Waals surface area contributed by atoms with Crippen LogP contribution in [0.15, 0.2) is 24.3 Å². The van der Waals surface area contributed by atoms with E-state index < -0.39 is 0 Å². The molecule has 0 spiro atoms. The molecule has 1 nitrogen and oxygen atoms in total. The number of benzene rings is 1. The Morgan fingerprint density at radius 3 is 2.58 bits per heavy atom. The molecular weight excluding hydrogens is 298 g/mol. The number of aryl methyl sites for hydroxylation is 1. The number of hydrogen-bond donors (Lipinski definition) is 0. The molecule has 0 aliphatic heterocycles. The largest absolute Gasteiger partial charge is 0.302 e. The van der Waals surface area contributed by atoms with Crippen LogP contribution in [0.1, 0.15) is 43.2 Å². The van der Waals surface area contributed by atoms with E-state index in [2.05, 4.69) is 59.1 Å². The summed E-state index contributed by atoms with van der Waals surface area (Å²) in [7, 11) is 2.27. The molecule has 0 aromatic heterocycles. The summed E-state index contributed by atoms with van der Waals surface area (Å²) in [6.07, 6.45) is 7.01. The van der Waals surface area contributed by atoms with Gasteiger partial charge in [-0.05, 0) is 37.8 Å². The highest BCUT2D eigenvalue weighted by atomic mass is 79.9. The van der Waals surface area contributed by atoms with Crippen molar-refractivity contribution in [2.24, 2.45) is 5.41 Å². The molecule has 1 aliphatic carbocycles. The topological polar surface area (TPSA) is 3.24 Å². The van der Waals surface area contributed by atoms with Crippen LogP contribution in [0.25, 0.3) is 0 Å². The standard InChI is InChI=1S/C17H26BrN/c1-15-7-6-8-16(11-15)12-19(2)14-17(13-18)9-4-3-5-10-17/h6-8,11H,3-5,9-10,12-14H2,1-2H3. The van der Waals surface area contributed by atoms with Crippen LogP contribution < -0.4 is 0 Å². The second kappa shape index (κ2) is 6.90. The van der Waals surface area contributed by atoms with Crippen molar-refractivity contribution >= 4 is 15.9 Å². The molecule has 1 aliphatic rings. The van der Waals surface area contributed by atoms with Crippen LogP contribution in [0.5, 0.6) is 0 Å². The minimum Gasteiger partial charge on any atom is -0.302 e. The Morgan fingerprint density at radius 2 is 1.95 bits per heavy atom. The Bertz CT molecular complexity index is 396. The zero-order chi connectivity index (χ0) is 13.7. The van der Waals surface area contributed by atoms with Gasteiger partial charge in [-0.3, -0.25) is 0 Å². The second-order valence-corrected chi connectivity index (χ2v) is 6.92. The summed E-state index contributed by atoms with van der Waals surface area (Å²) in [4.78, 5) is 2.50. The summed E-state index contributed by atoms with van der Waals surface area (Å²) >= 11 is 3.77. The van der Waals surface area contributed by atoms with E-state index >= 15 is 0 Å². The summed E-state index contributed by atoms with van der Waals surface area (Å²) in [5, 5.41) is 1.15. The Morgan fingerprint density at radius 1 is 1.21 bits per heavy atom. The average Bonchev–Trinajstić information content (AvgIpc) is 2.39. The average molecular weight is 324 g/mol. The Kier molecular flexibility index (Phi) is 5.47. The lowest BCUT2D eigenvalue weighted by Crippen LogP contribution is -2.38. The highest BCUT2D eigenvalue weighted by Crippen LogP contribution is 2.38. The van der Waals surface area contributed by atoms with E-state index in [9.17, 15) is 0 Å². The molecule has 0 radical (unpaired) electrons. The summed E-state index contributed by atoms with van der Waals surface area (Å²) in [6.45, 7) is 4.45. The van der Waals surface area contributed by atoms with Crippen LogP contribution in [-0.2, 0) is 6.54 Å². The number of rotatable bonds is 5. The Balaban J connectivity index is 1.94. The third-order valence-corrected chi connectivity index (χ3v) is 5.53. The SMILES string of the molecule is Cc1cccc(CN(C)CC2(CBr)CCCCC2)c1. The van der Waals surface area contributed by atoms with Gasteiger partial charge in [-0.2, -0.15) is 0 Å². The molecular formula is C17H26BrN. The first-order chi connectivity index (χ1) is 9.13. The van der Waals surface area contributed by atoms with Crippen molar-refractivity contribution in [2.45, 2.75) is 45.6 Å². The Labute approximate surface area is 126 Å². The number of hydrogen-bond acceptors (Lipinski definition) is 1. The van der Waals surface area contributed by atoms with Crippen LogP contribution in [0, 0.1) is 12.3 Å². The first-order valence-electron chi connectivity index (χ1n) is 7.44. The maximum absolute atomic E-state index is 3.77. The fraction of sp³-hybridized carbons (Fsp3) is 0.647. The van der Waals surface area contributed by atoms with Gasteiger partial charge in [-0.25, -0.2) is 0 Å². The van der Waals surface area contributed by atoms with Gasteiger partial charge in [-0.1, -0.05) is 65.0 Å². The molecule has 1 aromatic rings. The van der Waals surface area contributed by atoms with Gasteiger partial charge in [0, 0.05) is 18.4 Å². The van der Waals surface area contributed by atoms with Gasteiger partial charge in [0.1, 0.15) is 0 Å². The molecule has 0 amide bonds. The van der Waals surface area contributed by atoms with Crippen molar-refractivity contribution in [3.63, 3.8) is 0 Å². The molecule has 0 saturated heterocycles. The van der Waals surface area contributed by atoms with Crippen molar-refractivity contribution in [1.82, 2.24) is 4.90 Å². The first-order valence-corrected chi connectivity index (χ1v) is 8.56. The van der Waals surface area contributed by atoms with Gasteiger partial charge < -0.3 is 4.90 Å². The third-order valence-electron chi connectivity index (χ3n) is 4.34. The fourth-order valence-corrected chi connectivity index (χ4v) is 4.12. The van der Waals surface area contributed by atoms with Gasteiger partial charge in [0.05, 0.1) is 0 Å². The number of nitrogens with zero attached hydrogens (tertiary/aromatic N) is 1. The summed E-state index contributed by atoms with van der Waals surface area (Å²) in [5.74, 6) is 0. The molecule has 1 fully saturated rings. The Hall–Kier alpha value is -0.340. The first kappa shape index (κ1) is 15.1. The van der Waals surface area contributed by atoms with Crippen LogP contribution in [0.2, 0.25) is 0 Å². The van der Waals surface area contributed by atoms with Crippen molar-refractivity contribution in [3.8, 4) is 0 Å². The lowest BCUT2D eigenvalue weighted by molar-refractivity contribution is 0.141. The predicted octanol–water partition coefficient (Wildman–Crippen LogP) is 4.77. The van der Waals surface area contributed by atoms with E-state index in [4.69, 9.17) is 0 Å². The van der Waals surface area contributed by atoms with Gasteiger partial charge in [-0.15, -0.1) is 0 Å². The van der Waals surface area contributed by atoms with Gasteiger partial charge in [0.2, 0.25) is 0 Å². The smallest absolute Gasteiger partial charge is 0.0231 e. The van der Waals surface area contributed by atoms with Crippen molar-refractivity contribution in [2.75, 3.05) is 18.9 Å². The quantitative estimate of drug-likeness (QED) is 0.705. The van der Waals surface area contributed by atoms with Crippen molar-refractivity contribution in [1.29, 1.82) is 0 Å². The maximum atomic E-state index is 3.77. The molecule has 0 bridgehead atoms. The maximum Gasteiger partial charge on any atom is 0.0231 e. The monoisotopic (exact) mass is 323 g/mol. The van der Waals surface area contributed by atoms with Crippen molar-refractivity contribution in [3.05, 3.63) is 35.4 Å². The van der Waals surface area contributed by atoms with Gasteiger partial charge in [0.25, 0.3) is 0 Å². The molecule has 106 valence electrons. The van der Waals surface area contributed by atoms with Crippen molar-refractivity contribution < 1.29 is 0 Å². The molecule has 0 heterocycles. The summed E-state index contributed by atoms with van der Waals surface area (Å²) in [5.41, 5.74) is 3.30. The molecule has 0 N–H and O–H groups in total. The molecule has 1 saturated carbocycles. The second-order valence-electron chi connectivity index (χ2n) is 6.36. The van der Waals surface area contributed by atoms with E-state index in [1.165, 1.54) is 49.8 Å². The highest BCUT2D eigenvalue weighted by molar-refractivity contribution is 9.09. The summed E-state index contributed by atoms with van der Waals surface area (Å²) in [6, 6.07) is 8.88. The predicted molar refractivity (Wildman–Crippen MR) is 86.8 cm³/mol. The highest BCUT2D eigenvalue weighted by Gasteiger charge is 2.31. The zero-order valence-electron chi connectivity index (χ0n) is 12.3. The van der Waals surface area contributed by atoms with Crippen LogP contribution in [-0.4, -0.2) is 23.8 Å². The lowest BCUT2D eigenvalue weighted by Gasteiger charge is -2.39. The fourth-order valence-electron chi connectivity index (χ4n) is 3.39. The lowest BCUT2D eigenvalue weighted by atomic mass is 9.75. The van der Waals surface area contributed by atoms with Gasteiger partial charge >= 0.3 is 0 Å². The minimum absolute atomic E-state index is 0.511. The van der Waals surface area contributed by atoms with Gasteiger partial charge in [0.15, 0.2) is 0 Å². The number of alkyl halides is 1. The van der Waals surface area contributed by atoms with E-state index in [-0.39, 0.29) is 0 Å². The zero-order valence-corrected chi connectivity index (χ0v) is 13.9. The molecule has 2 heteroatoms. The molecule has 0 unspecified atom stereocenters. The molecule has 2 rings (SSSR count). The normalized spacial score (nSPS) is 18.7. The van der Waals surface area contributed by atoms with Crippen LogP contribution in [0.3, 0.4) is 0 Å². The van der Waals surface area contributed by atoms with Crippen LogP contribution >= 0.6 is 15.9 Å². The van der Waals surface area contributed by atoms with E-state index in [0.29, 0.717) is 5.41 Å². The molecule has 1 aromatic carbocycles. The molecule has 19 heavy (non-hydrogen) atoms. The third kappa shape index (κ3) is 4.32. The van der Waals surface area contributed by atoms with Crippen LogP contribution in [0.4, 0.5) is 0 Å².